The zero-order valence-corrected chi connectivity index (χ0v) is 16.6. The quantitative estimate of drug-likeness (QED) is 0.266. The number of carbonyl (C=O) groups is 1. The van der Waals surface area contributed by atoms with E-state index in [0.29, 0.717) is 6.61 Å². The Labute approximate surface area is 153 Å². The summed E-state index contributed by atoms with van der Waals surface area (Å²) < 4.78 is 8.76. The van der Waals surface area contributed by atoms with Crippen LogP contribution in [0.3, 0.4) is 0 Å². The highest BCUT2D eigenvalue weighted by Crippen LogP contribution is 2.11. The predicted molar refractivity (Wildman–Crippen MR) is 100.0 cm³/mol. The van der Waals surface area contributed by atoms with Crippen molar-refractivity contribution >= 4 is 5.97 Å². The minimum absolute atomic E-state index is 0.256. The van der Waals surface area contributed by atoms with Crippen molar-refractivity contribution in [2.75, 3.05) is 0 Å². The summed E-state index contributed by atoms with van der Waals surface area (Å²) in [5.41, 5.74) is 0.925. The summed E-state index contributed by atoms with van der Waals surface area (Å²) in [4.78, 5) is 10.9. The number of hydrogen-bond donors (Lipinski definition) is 0. The average molecular weight is 353 g/mol. The van der Waals surface area contributed by atoms with E-state index in [1.807, 2.05) is 17.9 Å². The van der Waals surface area contributed by atoms with Gasteiger partial charge in [-0.05, 0) is 12.8 Å². The largest absolute Gasteiger partial charge is 0.457 e. The van der Waals surface area contributed by atoms with Crippen LogP contribution in [0.15, 0.2) is 6.20 Å². The standard InChI is InChI=1S/C20H38N3O2/c1-4-5-6-7-8-9-10-11-12-13-14-15-16-23-17-20(22(3)21-23)18-25-19(2)24/h17H,4-16,18H2,1-3H3/q+1. The second-order valence-corrected chi connectivity index (χ2v) is 7.07. The SMILES string of the molecule is CCCCCCCCCCCCCC[n+]1cc(COC(C)=O)n(C)n1. The molecular formula is C20H38N3O2+. The molecule has 1 aromatic rings. The number of aromatic nitrogens is 3. The molecule has 0 unspecified atom stereocenters. The normalized spacial score (nSPS) is 11.0. The van der Waals surface area contributed by atoms with Gasteiger partial charge in [0, 0.05) is 6.92 Å². The molecule has 0 aromatic carbocycles. The molecule has 0 N–H and O–H groups in total. The van der Waals surface area contributed by atoms with Gasteiger partial charge in [0.05, 0.1) is 5.21 Å². The fraction of sp³-hybridized carbons (Fsp3) is 0.850. The molecule has 5 heteroatoms. The Hall–Kier alpha value is -1.39. The van der Waals surface area contributed by atoms with Crippen molar-refractivity contribution in [3.8, 4) is 0 Å². The molecule has 0 aliphatic carbocycles. The number of rotatable bonds is 15. The van der Waals surface area contributed by atoms with Crippen molar-refractivity contribution in [2.45, 2.75) is 104 Å². The molecule has 1 rings (SSSR count). The molecule has 0 fully saturated rings. The van der Waals surface area contributed by atoms with Crippen LogP contribution >= 0.6 is 0 Å². The van der Waals surface area contributed by atoms with Gasteiger partial charge in [0.25, 0.3) is 0 Å². The van der Waals surface area contributed by atoms with E-state index < -0.39 is 0 Å². The van der Waals surface area contributed by atoms with Gasteiger partial charge < -0.3 is 4.74 Å². The molecule has 0 amide bonds. The zero-order chi connectivity index (χ0) is 18.3. The molecule has 144 valence electrons. The Morgan fingerprint density at radius 2 is 1.52 bits per heavy atom. The summed E-state index contributed by atoms with van der Waals surface area (Å²) in [6.45, 7) is 4.93. The highest BCUT2D eigenvalue weighted by molar-refractivity contribution is 5.65. The van der Waals surface area contributed by atoms with Crippen LogP contribution in [-0.2, 0) is 29.7 Å². The van der Waals surface area contributed by atoms with Crippen molar-refractivity contribution in [2.24, 2.45) is 7.05 Å². The van der Waals surface area contributed by atoms with Crippen LogP contribution in [0.25, 0.3) is 0 Å². The maximum atomic E-state index is 10.9. The maximum absolute atomic E-state index is 10.9. The van der Waals surface area contributed by atoms with Crippen LogP contribution in [0.5, 0.6) is 0 Å². The number of hydrogen-bond acceptors (Lipinski definition) is 3. The lowest BCUT2D eigenvalue weighted by atomic mass is 10.1. The Bertz CT molecular complexity index is 472. The Morgan fingerprint density at radius 1 is 1.00 bits per heavy atom. The van der Waals surface area contributed by atoms with Gasteiger partial charge in [0.1, 0.15) is 13.6 Å². The van der Waals surface area contributed by atoms with Gasteiger partial charge in [-0.3, -0.25) is 4.79 Å². The molecule has 0 radical (unpaired) electrons. The minimum Gasteiger partial charge on any atom is -0.457 e. The first kappa shape index (κ1) is 21.7. The molecule has 1 heterocycles. The molecule has 0 bridgehead atoms. The number of unbranched alkanes of at least 4 members (excludes halogenated alkanes) is 11. The van der Waals surface area contributed by atoms with Gasteiger partial charge in [-0.15, -0.1) is 9.36 Å². The predicted octanol–water partition coefficient (Wildman–Crippen LogP) is 4.47. The Balaban J connectivity index is 1.97. The lowest BCUT2D eigenvalue weighted by Crippen LogP contribution is -2.35. The van der Waals surface area contributed by atoms with Gasteiger partial charge in [0.2, 0.25) is 5.69 Å². The van der Waals surface area contributed by atoms with Gasteiger partial charge in [-0.2, -0.15) is 0 Å². The zero-order valence-electron chi connectivity index (χ0n) is 16.6. The molecule has 5 nitrogen and oxygen atoms in total. The molecule has 0 saturated heterocycles. The highest BCUT2D eigenvalue weighted by atomic mass is 16.5. The molecule has 0 spiro atoms. The maximum Gasteiger partial charge on any atom is 0.303 e. The van der Waals surface area contributed by atoms with Crippen molar-refractivity contribution < 1.29 is 14.2 Å². The number of aryl methyl sites for hydroxylation is 2. The lowest BCUT2D eigenvalue weighted by molar-refractivity contribution is -0.755. The van der Waals surface area contributed by atoms with Gasteiger partial charge in [0.15, 0.2) is 12.8 Å². The minimum atomic E-state index is -0.256. The molecule has 0 aliphatic heterocycles. The van der Waals surface area contributed by atoms with Crippen LogP contribution in [0.4, 0.5) is 0 Å². The van der Waals surface area contributed by atoms with E-state index in [9.17, 15) is 4.79 Å². The topological polar surface area (TPSA) is 48.0 Å². The summed E-state index contributed by atoms with van der Waals surface area (Å²) >= 11 is 0. The van der Waals surface area contributed by atoms with E-state index in [2.05, 4.69) is 12.1 Å². The molecule has 0 atom stereocenters. The third-order valence-electron chi connectivity index (χ3n) is 4.63. The Morgan fingerprint density at radius 3 is 2.04 bits per heavy atom. The molecular weight excluding hydrogens is 314 g/mol. The number of ether oxygens (including phenoxy) is 1. The second kappa shape index (κ2) is 13.9. The molecule has 0 aliphatic rings. The van der Waals surface area contributed by atoms with Gasteiger partial charge in [-0.25, -0.2) is 0 Å². The summed E-state index contributed by atoms with van der Waals surface area (Å²) in [6, 6.07) is 0. The second-order valence-electron chi connectivity index (χ2n) is 7.07. The third-order valence-corrected chi connectivity index (χ3v) is 4.63. The van der Waals surface area contributed by atoms with E-state index in [1.54, 1.807) is 4.68 Å². The average Bonchev–Trinajstić information content (AvgIpc) is 2.94. The fourth-order valence-electron chi connectivity index (χ4n) is 3.04. The first-order chi connectivity index (χ1) is 12.1. The van der Waals surface area contributed by atoms with Gasteiger partial charge >= 0.3 is 5.97 Å². The number of esters is 1. The summed E-state index contributed by atoms with van der Waals surface area (Å²) in [6.07, 6.45) is 18.3. The van der Waals surface area contributed by atoms with E-state index in [4.69, 9.17) is 4.74 Å². The summed E-state index contributed by atoms with van der Waals surface area (Å²) in [7, 11) is 1.89. The smallest absolute Gasteiger partial charge is 0.303 e. The first-order valence-corrected chi connectivity index (χ1v) is 10.2. The van der Waals surface area contributed by atoms with Crippen LogP contribution in [0.2, 0.25) is 0 Å². The van der Waals surface area contributed by atoms with Crippen LogP contribution in [0.1, 0.15) is 96.6 Å². The summed E-state index contributed by atoms with van der Waals surface area (Å²) in [5, 5.41) is 4.42. The molecule has 25 heavy (non-hydrogen) atoms. The van der Waals surface area contributed by atoms with Crippen LogP contribution in [-0.4, -0.2) is 15.9 Å². The lowest BCUT2D eigenvalue weighted by Gasteiger charge is -2.02. The third kappa shape index (κ3) is 11.0. The monoisotopic (exact) mass is 352 g/mol. The van der Waals surface area contributed by atoms with E-state index >= 15 is 0 Å². The fourth-order valence-corrected chi connectivity index (χ4v) is 3.04. The van der Waals surface area contributed by atoms with Crippen molar-refractivity contribution in [3.63, 3.8) is 0 Å². The number of nitrogens with zero attached hydrogens (tertiary/aromatic N) is 3. The van der Waals surface area contributed by atoms with Crippen molar-refractivity contribution in [1.29, 1.82) is 0 Å². The van der Waals surface area contributed by atoms with Crippen LogP contribution < -0.4 is 4.68 Å². The number of carbonyl (C=O) groups excluding carboxylic acids is 1. The van der Waals surface area contributed by atoms with E-state index in [0.717, 1.165) is 18.7 Å². The van der Waals surface area contributed by atoms with Crippen molar-refractivity contribution in [3.05, 3.63) is 11.9 Å². The van der Waals surface area contributed by atoms with Gasteiger partial charge in [-0.1, -0.05) is 71.1 Å². The van der Waals surface area contributed by atoms with E-state index in [-0.39, 0.29) is 5.97 Å². The molecule has 1 aromatic heterocycles. The van der Waals surface area contributed by atoms with Crippen LogP contribution in [0, 0.1) is 0 Å². The van der Waals surface area contributed by atoms with E-state index in [1.165, 1.54) is 77.6 Å². The Kier molecular flexibility index (Phi) is 12.0. The summed E-state index contributed by atoms with van der Waals surface area (Å²) in [5.74, 6) is -0.256. The molecule has 0 saturated carbocycles. The first-order valence-electron chi connectivity index (χ1n) is 10.2. The van der Waals surface area contributed by atoms with Crippen molar-refractivity contribution in [1.82, 2.24) is 9.90 Å². The highest BCUT2D eigenvalue weighted by Gasteiger charge is 2.13.